The predicted molar refractivity (Wildman–Crippen MR) is 154 cm³/mol. The molecule has 5 N–H and O–H groups in total. The number of hydrazine groups is 1. The highest BCUT2D eigenvalue weighted by molar-refractivity contribution is 6.32. The number of carbonyl (C=O) groups excluding carboxylic acids is 1. The summed E-state index contributed by atoms with van der Waals surface area (Å²) < 4.78 is 12.5. The summed E-state index contributed by atoms with van der Waals surface area (Å²) in [5.41, 5.74) is 6.20. The molecule has 0 spiro atoms. The average Bonchev–Trinajstić information content (AvgIpc) is 3.28. The number of rotatable bonds is 16. The molecule has 3 rings (SSSR count). The highest BCUT2D eigenvalue weighted by Gasteiger charge is 2.23. The Morgan fingerprint density at radius 3 is 2.56 bits per heavy atom. The van der Waals surface area contributed by atoms with E-state index >= 15 is 0 Å². The summed E-state index contributed by atoms with van der Waals surface area (Å²) in [5.74, 6) is 11.5. The first-order valence-electron chi connectivity index (χ1n) is 13.1. The number of hydrogen-bond acceptors (Lipinski definition) is 10. The minimum Gasteiger partial charge on any atom is -0.458 e. The zero-order valence-corrected chi connectivity index (χ0v) is 23.5. The van der Waals surface area contributed by atoms with E-state index in [0.29, 0.717) is 31.0 Å². The number of carbonyl (C=O) groups is 1. The Labute approximate surface area is 242 Å². The van der Waals surface area contributed by atoms with Crippen molar-refractivity contribution in [1.82, 2.24) is 15.0 Å². The second kappa shape index (κ2) is 16.2. The lowest BCUT2D eigenvalue weighted by Crippen LogP contribution is -2.32. The van der Waals surface area contributed by atoms with E-state index in [1.807, 2.05) is 48.5 Å². The second-order valence-corrected chi connectivity index (χ2v) is 9.24. The predicted octanol–water partition coefficient (Wildman–Crippen LogP) is 3.45. The van der Waals surface area contributed by atoms with Crippen LogP contribution in [0.2, 0.25) is 5.15 Å². The van der Waals surface area contributed by atoms with Crippen LogP contribution in [-0.4, -0.2) is 52.9 Å². The van der Waals surface area contributed by atoms with Crippen molar-refractivity contribution in [2.75, 3.05) is 26.4 Å². The quantitative estimate of drug-likeness (QED) is 0.0427. The number of esters is 1. The van der Waals surface area contributed by atoms with Crippen LogP contribution in [0.3, 0.4) is 0 Å². The molecular weight excluding hydrogens is 554 g/mol. The fourth-order valence-corrected chi connectivity index (χ4v) is 4.40. The summed E-state index contributed by atoms with van der Waals surface area (Å²) in [6.07, 6.45) is 2.82. The Kier molecular flexibility index (Phi) is 12.3. The van der Waals surface area contributed by atoms with Crippen molar-refractivity contribution in [2.24, 2.45) is 16.8 Å². The maximum absolute atomic E-state index is 13.0. The Bertz CT molecular complexity index is 1330. The summed E-state index contributed by atoms with van der Waals surface area (Å²) in [5, 5.41) is 13.1. The van der Waals surface area contributed by atoms with Crippen LogP contribution in [0.15, 0.2) is 53.6 Å². The van der Waals surface area contributed by atoms with Crippen LogP contribution in [0.25, 0.3) is 11.1 Å². The van der Waals surface area contributed by atoms with Crippen LogP contribution in [0.4, 0.5) is 0 Å². The van der Waals surface area contributed by atoms with E-state index in [0.717, 1.165) is 35.1 Å². The number of ether oxygens (including phenoxy) is 2. The fraction of sp³-hybridized carbons (Fsp3) is 0.370. The second-order valence-electron chi connectivity index (χ2n) is 8.88. The smallest absolute Gasteiger partial charge is 0.358 e. The van der Waals surface area contributed by atoms with Gasteiger partial charge in [-0.25, -0.2) is 15.6 Å². The SMILES string of the molecule is CCCCc1nc(Cl)c(C(=O)OCCOCCCO[N+](=O)[O-])n1Cc1ccc(-c2ccccc2/C(=N/N)NN)cc1. The van der Waals surface area contributed by atoms with Gasteiger partial charge in [0.05, 0.1) is 13.2 Å². The molecule has 0 saturated carbocycles. The number of hydrazone groups is 1. The van der Waals surface area contributed by atoms with E-state index in [-0.39, 0.29) is 37.3 Å². The van der Waals surface area contributed by atoms with E-state index < -0.39 is 11.1 Å². The molecule has 1 heterocycles. The lowest BCUT2D eigenvalue weighted by atomic mass is 9.98. The maximum Gasteiger partial charge on any atom is 0.358 e. The number of halogens is 1. The van der Waals surface area contributed by atoms with Crippen molar-refractivity contribution in [3.8, 4) is 11.1 Å². The van der Waals surface area contributed by atoms with Gasteiger partial charge in [-0.05, 0) is 29.5 Å². The van der Waals surface area contributed by atoms with Crippen molar-refractivity contribution >= 4 is 23.4 Å². The lowest BCUT2D eigenvalue weighted by molar-refractivity contribution is -0.757. The van der Waals surface area contributed by atoms with Crippen LogP contribution in [0.5, 0.6) is 0 Å². The molecule has 2 aromatic carbocycles. The molecule has 0 aliphatic carbocycles. The third-order valence-corrected chi connectivity index (χ3v) is 6.36. The van der Waals surface area contributed by atoms with Crippen molar-refractivity contribution in [3.05, 3.63) is 86.4 Å². The monoisotopic (exact) mass is 587 g/mol. The van der Waals surface area contributed by atoms with Crippen LogP contribution in [-0.2, 0) is 27.3 Å². The minimum atomic E-state index is -0.856. The van der Waals surface area contributed by atoms with Gasteiger partial charge in [0.2, 0.25) is 0 Å². The molecule has 0 amide bonds. The normalized spacial score (nSPS) is 11.3. The Balaban J connectivity index is 1.73. The van der Waals surface area contributed by atoms with Gasteiger partial charge >= 0.3 is 5.97 Å². The number of amidine groups is 1. The van der Waals surface area contributed by atoms with Gasteiger partial charge in [-0.15, -0.1) is 10.1 Å². The van der Waals surface area contributed by atoms with Gasteiger partial charge in [0, 0.05) is 25.1 Å². The number of nitrogens with one attached hydrogen (secondary N) is 1. The van der Waals surface area contributed by atoms with Gasteiger partial charge in [0.25, 0.3) is 5.09 Å². The third kappa shape index (κ3) is 8.90. The van der Waals surface area contributed by atoms with E-state index in [4.69, 9.17) is 32.8 Å². The summed E-state index contributed by atoms with van der Waals surface area (Å²) in [4.78, 5) is 31.8. The molecule has 41 heavy (non-hydrogen) atoms. The van der Waals surface area contributed by atoms with Gasteiger partial charge in [0.15, 0.2) is 16.7 Å². The first-order chi connectivity index (χ1) is 19.9. The molecule has 0 unspecified atom stereocenters. The molecule has 3 aromatic rings. The van der Waals surface area contributed by atoms with Crippen molar-refractivity contribution in [2.45, 2.75) is 39.2 Å². The Hall–Kier alpha value is -4.20. The maximum atomic E-state index is 13.0. The summed E-state index contributed by atoms with van der Waals surface area (Å²) >= 11 is 6.42. The number of hydrogen-bond donors (Lipinski definition) is 3. The number of nitrogens with two attached hydrogens (primary N) is 2. The Morgan fingerprint density at radius 2 is 1.88 bits per heavy atom. The zero-order chi connectivity index (χ0) is 29.6. The number of aromatic nitrogens is 2. The van der Waals surface area contributed by atoms with E-state index in [1.54, 1.807) is 4.57 Å². The molecule has 0 bridgehead atoms. The number of nitrogens with zero attached hydrogens (tertiary/aromatic N) is 4. The molecule has 13 nitrogen and oxygen atoms in total. The Morgan fingerprint density at radius 1 is 1.12 bits per heavy atom. The summed E-state index contributed by atoms with van der Waals surface area (Å²) in [6, 6.07) is 15.5. The van der Waals surface area contributed by atoms with Gasteiger partial charge in [-0.2, -0.15) is 5.10 Å². The van der Waals surface area contributed by atoms with Gasteiger partial charge < -0.3 is 30.1 Å². The molecule has 14 heteroatoms. The number of benzene rings is 2. The molecule has 0 saturated heterocycles. The molecule has 0 aliphatic heterocycles. The highest BCUT2D eigenvalue weighted by atomic mass is 35.5. The molecule has 0 atom stereocenters. The van der Waals surface area contributed by atoms with Crippen molar-refractivity contribution < 1.29 is 24.2 Å². The molecule has 1 aromatic heterocycles. The third-order valence-electron chi connectivity index (χ3n) is 6.10. The zero-order valence-electron chi connectivity index (χ0n) is 22.8. The standard InChI is InChI=1S/C27H34ClN7O6/c1-2-3-9-23-31-25(28)24(27(36)40-17-16-39-14-6-15-41-35(37)38)34(23)18-19-10-12-20(13-11-19)21-7-4-5-8-22(21)26(32-29)33-30/h4-5,7-8,10-13H,2-3,6,9,14-18,29-30H2,1H3,(H,32,33). The molecular formula is C27H34ClN7O6. The summed E-state index contributed by atoms with van der Waals surface area (Å²) in [6.45, 7) is 2.71. The minimum absolute atomic E-state index is 0.0133. The summed E-state index contributed by atoms with van der Waals surface area (Å²) in [7, 11) is 0. The number of unbranched alkanes of at least 4 members (excludes halogenated alkanes) is 1. The van der Waals surface area contributed by atoms with Gasteiger partial charge in [-0.3, -0.25) is 0 Å². The average molecular weight is 588 g/mol. The topological polar surface area (TPSA) is 182 Å². The molecule has 0 fully saturated rings. The van der Waals surface area contributed by atoms with E-state index in [2.05, 4.69) is 27.3 Å². The van der Waals surface area contributed by atoms with Crippen molar-refractivity contribution in [3.63, 3.8) is 0 Å². The van der Waals surface area contributed by atoms with Crippen molar-refractivity contribution in [1.29, 1.82) is 0 Å². The van der Waals surface area contributed by atoms with Crippen LogP contribution in [0, 0.1) is 10.1 Å². The largest absolute Gasteiger partial charge is 0.458 e. The first-order valence-corrected chi connectivity index (χ1v) is 13.5. The first kappa shape index (κ1) is 31.3. The van der Waals surface area contributed by atoms with Crippen LogP contribution >= 0.6 is 11.6 Å². The number of aryl methyl sites for hydroxylation is 1. The van der Waals surface area contributed by atoms with Gasteiger partial charge in [-0.1, -0.05) is 73.5 Å². The molecule has 0 radical (unpaired) electrons. The van der Waals surface area contributed by atoms with E-state index in [9.17, 15) is 14.9 Å². The fourth-order valence-electron chi connectivity index (χ4n) is 4.12. The van der Waals surface area contributed by atoms with E-state index in [1.165, 1.54) is 0 Å². The van der Waals surface area contributed by atoms with Gasteiger partial charge in [0.1, 0.15) is 12.4 Å². The molecule has 0 aliphatic rings. The highest BCUT2D eigenvalue weighted by Crippen LogP contribution is 2.26. The molecule has 220 valence electrons. The van der Waals surface area contributed by atoms with Crippen LogP contribution in [0.1, 0.15) is 53.6 Å². The lowest BCUT2D eigenvalue weighted by Gasteiger charge is -2.14. The van der Waals surface area contributed by atoms with Crippen LogP contribution < -0.4 is 17.1 Å². The number of imidazole rings is 1.